The molecule has 1 fully saturated rings. The fourth-order valence-corrected chi connectivity index (χ4v) is 3.35. The van der Waals surface area contributed by atoms with Crippen LogP contribution in [-0.2, 0) is 6.42 Å². The zero-order chi connectivity index (χ0) is 10.5. The quantitative estimate of drug-likeness (QED) is 0.812. The SMILES string of the molecule is Brc1csc(CCNCC2CCNC2)c1. The normalized spacial score (nSPS) is 21.0. The first-order chi connectivity index (χ1) is 7.34. The van der Waals surface area contributed by atoms with E-state index in [1.54, 1.807) is 0 Å². The summed E-state index contributed by atoms with van der Waals surface area (Å²) < 4.78 is 1.21. The highest BCUT2D eigenvalue weighted by molar-refractivity contribution is 9.10. The molecular weight excluding hydrogens is 272 g/mol. The third-order valence-corrected chi connectivity index (χ3v) is 4.52. The Hall–Kier alpha value is 0.1000. The molecule has 1 aromatic heterocycles. The maximum atomic E-state index is 3.54. The van der Waals surface area contributed by atoms with Crippen molar-refractivity contribution in [2.75, 3.05) is 26.2 Å². The molecule has 2 rings (SSSR count). The minimum atomic E-state index is 0.847. The third kappa shape index (κ3) is 3.87. The Morgan fingerprint density at radius 2 is 2.53 bits per heavy atom. The monoisotopic (exact) mass is 288 g/mol. The van der Waals surface area contributed by atoms with Gasteiger partial charge in [-0.05, 0) is 66.9 Å². The molecule has 2 nitrogen and oxygen atoms in total. The number of hydrogen-bond donors (Lipinski definition) is 2. The van der Waals surface area contributed by atoms with Crippen LogP contribution < -0.4 is 10.6 Å². The molecule has 0 saturated carbocycles. The average molecular weight is 289 g/mol. The molecule has 0 aliphatic carbocycles. The number of halogens is 1. The molecule has 1 aromatic rings. The first-order valence-corrected chi connectivity index (χ1v) is 7.16. The van der Waals surface area contributed by atoms with Crippen molar-refractivity contribution in [1.82, 2.24) is 10.6 Å². The number of rotatable bonds is 5. The second kappa shape index (κ2) is 5.99. The van der Waals surface area contributed by atoms with Gasteiger partial charge in [-0.25, -0.2) is 0 Å². The molecule has 0 spiro atoms. The van der Waals surface area contributed by atoms with E-state index in [1.165, 1.54) is 35.4 Å². The van der Waals surface area contributed by atoms with E-state index in [2.05, 4.69) is 38.0 Å². The molecule has 0 radical (unpaired) electrons. The van der Waals surface area contributed by atoms with Crippen molar-refractivity contribution in [1.29, 1.82) is 0 Å². The fraction of sp³-hybridized carbons (Fsp3) is 0.636. The smallest absolute Gasteiger partial charge is 0.0285 e. The first kappa shape index (κ1) is 11.6. The van der Waals surface area contributed by atoms with E-state index < -0.39 is 0 Å². The molecule has 0 bridgehead atoms. The Bertz CT molecular complexity index is 295. The lowest BCUT2D eigenvalue weighted by molar-refractivity contribution is 0.515. The van der Waals surface area contributed by atoms with Gasteiger partial charge < -0.3 is 10.6 Å². The molecule has 1 aliphatic heterocycles. The number of thiophene rings is 1. The Balaban J connectivity index is 1.58. The summed E-state index contributed by atoms with van der Waals surface area (Å²) in [6.45, 7) is 4.66. The topological polar surface area (TPSA) is 24.1 Å². The van der Waals surface area contributed by atoms with E-state index >= 15 is 0 Å². The van der Waals surface area contributed by atoms with Crippen molar-refractivity contribution in [3.8, 4) is 0 Å². The molecule has 0 aromatic carbocycles. The second-order valence-corrected chi connectivity index (χ2v) is 5.96. The van der Waals surface area contributed by atoms with Crippen molar-refractivity contribution in [3.05, 3.63) is 20.8 Å². The predicted octanol–water partition coefficient (Wildman–Crippen LogP) is 2.25. The fourth-order valence-electron chi connectivity index (χ4n) is 1.89. The van der Waals surface area contributed by atoms with Gasteiger partial charge in [0.25, 0.3) is 0 Å². The zero-order valence-electron chi connectivity index (χ0n) is 8.76. The molecule has 0 amide bonds. The highest BCUT2D eigenvalue weighted by Gasteiger charge is 2.12. The van der Waals surface area contributed by atoms with Crippen molar-refractivity contribution < 1.29 is 0 Å². The largest absolute Gasteiger partial charge is 0.316 e. The van der Waals surface area contributed by atoms with E-state index in [9.17, 15) is 0 Å². The maximum absolute atomic E-state index is 3.54. The lowest BCUT2D eigenvalue weighted by atomic mass is 10.1. The van der Waals surface area contributed by atoms with Crippen molar-refractivity contribution in [3.63, 3.8) is 0 Å². The van der Waals surface area contributed by atoms with Gasteiger partial charge in [-0.2, -0.15) is 0 Å². The second-order valence-electron chi connectivity index (χ2n) is 4.04. The molecule has 84 valence electrons. The summed E-state index contributed by atoms with van der Waals surface area (Å²) in [4.78, 5) is 1.46. The Morgan fingerprint density at radius 3 is 3.20 bits per heavy atom. The standard InChI is InChI=1S/C11H17BrN2S/c12-10-5-11(15-8-10)2-4-14-7-9-1-3-13-6-9/h5,8-9,13-14H,1-4,6-7H2. The molecule has 4 heteroatoms. The Labute approximate surface area is 104 Å². The van der Waals surface area contributed by atoms with Gasteiger partial charge in [0.2, 0.25) is 0 Å². The maximum Gasteiger partial charge on any atom is 0.0285 e. The summed E-state index contributed by atoms with van der Waals surface area (Å²) in [6.07, 6.45) is 2.48. The molecule has 15 heavy (non-hydrogen) atoms. The van der Waals surface area contributed by atoms with Crippen LogP contribution in [0, 0.1) is 5.92 Å². The molecule has 1 aliphatic rings. The van der Waals surface area contributed by atoms with Gasteiger partial charge >= 0.3 is 0 Å². The zero-order valence-corrected chi connectivity index (χ0v) is 11.2. The summed E-state index contributed by atoms with van der Waals surface area (Å²) in [7, 11) is 0. The van der Waals surface area contributed by atoms with Crippen molar-refractivity contribution in [2.45, 2.75) is 12.8 Å². The summed E-state index contributed by atoms with van der Waals surface area (Å²) in [5.74, 6) is 0.847. The van der Waals surface area contributed by atoms with Crippen molar-refractivity contribution >= 4 is 27.3 Å². The van der Waals surface area contributed by atoms with Crippen LogP contribution in [0.15, 0.2) is 15.9 Å². The summed E-state index contributed by atoms with van der Waals surface area (Å²) in [5, 5.41) is 9.08. The molecule has 1 atom stereocenters. The Kier molecular flexibility index (Phi) is 4.62. The molecule has 2 heterocycles. The van der Waals surface area contributed by atoms with Crippen LogP contribution >= 0.6 is 27.3 Å². The van der Waals surface area contributed by atoms with E-state index in [-0.39, 0.29) is 0 Å². The van der Waals surface area contributed by atoms with Gasteiger partial charge in [-0.15, -0.1) is 11.3 Å². The minimum absolute atomic E-state index is 0.847. The van der Waals surface area contributed by atoms with Gasteiger partial charge in [-0.1, -0.05) is 0 Å². The van der Waals surface area contributed by atoms with Crippen LogP contribution in [0.4, 0.5) is 0 Å². The number of hydrogen-bond acceptors (Lipinski definition) is 3. The average Bonchev–Trinajstić information content (AvgIpc) is 2.84. The van der Waals surface area contributed by atoms with Gasteiger partial charge in [0.15, 0.2) is 0 Å². The van der Waals surface area contributed by atoms with Crippen LogP contribution in [0.2, 0.25) is 0 Å². The van der Waals surface area contributed by atoms with Gasteiger partial charge in [0.05, 0.1) is 0 Å². The van der Waals surface area contributed by atoms with E-state index in [0.717, 1.165) is 18.9 Å². The van der Waals surface area contributed by atoms with Crippen molar-refractivity contribution in [2.24, 2.45) is 5.92 Å². The lowest BCUT2D eigenvalue weighted by Crippen LogP contribution is -2.26. The lowest BCUT2D eigenvalue weighted by Gasteiger charge is -2.08. The van der Waals surface area contributed by atoms with Crippen LogP contribution in [-0.4, -0.2) is 26.2 Å². The minimum Gasteiger partial charge on any atom is -0.316 e. The molecule has 2 N–H and O–H groups in total. The molecular formula is C11H17BrN2S. The van der Waals surface area contributed by atoms with Crippen LogP contribution in [0.1, 0.15) is 11.3 Å². The van der Waals surface area contributed by atoms with E-state index in [0.29, 0.717) is 0 Å². The van der Waals surface area contributed by atoms with E-state index in [1.807, 2.05) is 11.3 Å². The van der Waals surface area contributed by atoms with Gasteiger partial charge in [0, 0.05) is 14.7 Å². The highest BCUT2D eigenvalue weighted by Crippen LogP contribution is 2.19. The number of nitrogens with one attached hydrogen (secondary N) is 2. The predicted molar refractivity (Wildman–Crippen MR) is 69.6 cm³/mol. The Morgan fingerprint density at radius 1 is 1.60 bits per heavy atom. The molecule has 1 unspecified atom stereocenters. The summed E-state index contributed by atoms with van der Waals surface area (Å²) in [5.41, 5.74) is 0. The van der Waals surface area contributed by atoms with Gasteiger partial charge in [-0.3, -0.25) is 0 Å². The van der Waals surface area contributed by atoms with E-state index in [4.69, 9.17) is 0 Å². The molecule has 1 saturated heterocycles. The van der Waals surface area contributed by atoms with Crippen LogP contribution in [0.25, 0.3) is 0 Å². The highest BCUT2D eigenvalue weighted by atomic mass is 79.9. The van der Waals surface area contributed by atoms with Gasteiger partial charge in [0.1, 0.15) is 0 Å². The van der Waals surface area contributed by atoms with Crippen LogP contribution in [0.5, 0.6) is 0 Å². The summed E-state index contributed by atoms with van der Waals surface area (Å²) >= 11 is 5.31. The third-order valence-electron chi connectivity index (χ3n) is 2.77. The summed E-state index contributed by atoms with van der Waals surface area (Å²) in [6, 6.07) is 2.21. The van der Waals surface area contributed by atoms with Crippen LogP contribution in [0.3, 0.4) is 0 Å². The first-order valence-electron chi connectivity index (χ1n) is 5.49.